The van der Waals surface area contributed by atoms with Crippen molar-refractivity contribution in [2.24, 2.45) is 5.92 Å². The molecule has 0 aromatic carbocycles. The van der Waals surface area contributed by atoms with E-state index < -0.39 is 0 Å². The molecule has 1 aromatic rings. The highest BCUT2D eigenvalue weighted by atomic mass is 32.1. The molecule has 0 radical (unpaired) electrons. The lowest BCUT2D eigenvalue weighted by Crippen LogP contribution is -2.34. The van der Waals surface area contributed by atoms with Crippen LogP contribution in [0.15, 0.2) is 0 Å². The van der Waals surface area contributed by atoms with Gasteiger partial charge in [0.1, 0.15) is 0 Å². The Hall–Kier alpha value is -1.68. The zero-order valence-electron chi connectivity index (χ0n) is 11.5. The molecule has 0 fully saturated rings. The fourth-order valence-electron chi connectivity index (χ4n) is 1.48. The Bertz CT molecular complexity index is 453. The number of aromatic nitrogens is 2. The van der Waals surface area contributed by atoms with Crippen molar-refractivity contribution < 1.29 is 4.79 Å². The summed E-state index contributed by atoms with van der Waals surface area (Å²) in [6.45, 7) is 7.53. The van der Waals surface area contributed by atoms with Crippen LogP contribution in [0.2, 0.25) is 0 Å². The second-order valence-electron chi connectivity index (χ2n) is 4.21. The van der Waals surface area contributed by atoms with Crippen molar-refractivity contribution in [2.45, 2.75) is 27.2 Å². The highest BCUT2D eigenvalue weighted by Crippen LogP contribution is 2.17. The highest BCUT2D eigenvalue weighted by Gasteiger charge is 2.20. The first-order valence-electron chi connectivity index (χ1n) is 6.38. The molecule has 0 saturated heterocycles. The predicted octanol–water partition coefficient (Wildman–Crippen LogP) is 1.98. The van der Waals surface area contributed by atoms with E-state index in [1.165, 1.54) is 11.3 Å². The van der Waals surface area contributed by atoms with E-state index in [1.54, 1.807) is 11.8 Å². The fraction of sp³-hybridized carbons (Fsp3) is 0.667. The third-order valence-electron chi connectivity index (χ3n) is 2.52. The van der Waals surface area contributed by atoms with Crippen LogP contribution in [0, 0.1) is 17.2 Å². The van der Waals surface area contributed by atoms with E-state index >= 15 is 0 Å². The molecule has 1 amide bonds. The Balaban J connectivity index is 2.69. The van der Waals surface area contributed by atoms with Crippen LogP contribution in [0.25, 0.3) is 0 Å². The van der Waals surface area contributed by atoms with Crippen LogP contribution in [0.3, 0.4) is 0 Å². The first-order valence-corrected chi connectivity index (χ1v) is 7.20. The van der Waals surface area contributed by atoms with Gasteiger partial charge in [0.25, 0.3) is 5.91 Å². The van der Waals surface area contributed by atoms with Crippen LogP contribution in [-0.2, 0) is 0 Å². The molecule has 6 nitrogen and oxygen atoms in total. The van der Waals surface area contributed by atoms with Crippen molar-refractivity contribution >= 4 is 22.4 Å². The third-order valence-corrected chi connectivity index (χ3v) is 3.39. The Morgan fingerprint density at radius 1 is 1.53 bits per heavy atom. The molecule has 0 saturated carbocycles. The molecule has 104 valence electrons. The lowest BCUT2D eigenvalue weighted by atomic mass is 10.2. The van der Waals surface area contributed by atoms with Gasteiger partial charge in [-0.15, -0.1) is 10.2 Å². The Morgan fingerprint density at radius 3 is 2.84 bits per heavy atom. The van der Waals surface area contributed by atoms with Gasteiger partial charge in [-0.2, -0.15) is 5.26 Å². The molecular weight excluding hydrogens is 262 g/mol. The normalized spacial score (nSPS) is 11.7. The molecule has 0 aliphatic carbocycles. The maximum absolute atomic E-state index is 12.2. The van der Waals surface area contributed by atoms with Gasteiger partial charge in [0.05, 0.1) is 12.0 Å². The van der Waals surface area contributed by atoms with E-state index in [-0.39, 0.29) is 11.8 Å². The van der Waals surface area contributed by atoms with E-state index in [0.29, 0.717) is 23.2 Å². The summed E-state index contributed by atoms with van der Waals surface area (Å²) in [6, 6.07) is 2.13. The number of carbonyl (C=O) groups is 1. The van der Waals surface area contributed by atoms with E-state index in [4.69, 9.17) is 5.26 Å². The van der Waals surface area contributed by atoms with Crippen LogP contribution in [0.5, 0.6) is 0 Å². The summed E-state index contributed by atoms with van der Waals surface area (Å²) in [5.74, 6) is -0.346. The standard InChI is InChI=1S/C12H19N5OS/c1-4-6-14-12-16-15-10(19-12)11(18)17(5-2)8-9(3)7-13/h9H,4-6,8H2,1-3H3,(H,14,16). The molecule has 0 aliphatic rings. The summed E-state index contributed by atoms with van der Waals surface area (Å²) in [4.78, 5) is 13.8. The second kappa shape index (κ2) is 7.69. The number of hydrogen-bond acceptors (Lipinski definition) is 6. The Kier molecular flexibility index (Phi) is 6.22. The molecule has 0 spiro atoms. The van der Waals surface area contributed by atoms with Gasteiger partial charge in [-0.25, -0.2) is 0 Å². The van der Waals surface area contributed by atoms with Crippen molar-refractivity contribution in [3.05, 3.63) is 5.01 Å². The van der Waals surface area contributed by atoms with Gasteiger partial charge in [0.15, 0.2) is 0 Å². The number of rotatable bonds is 7. The maximum atomic E-state index is 12.2. The number of anilines is 1. The lowest BCUT2D eigenvalue weighted by molar-refractivity contribution is 0.0751. The minimum absolute atomic E-state index is 0.161. The predicted molar refractivity (Wildman–Crippen MR) is 75.0 cm³/mol. The average Bonchev–Trinajstić information content (AvgIpc) is 2.90. The third kappa shape index (κ3) is 4.48. The van der Waals surface area contributed by atoms with Crippen molar-refractivity contribution in [1.29, 1.82) is 5.26 Å². The molecular formula is C12H19N5OS. The van der Waals surface area contributed by atoms with Gasteiger partial charge in [0.2, 0.25) is 10.1 Å². The topological polar surface area (TPSA) is 81.9 Å². The molecule has 1 atom stereocenters. The number of nitriles is 1. The van der Waals surface area contributed by atoms with E-state index in [9.17, 15) is 4.79 Å². The molecule has 1 rings (SSSR count). The van der Waals surface area contributed by atoms with Gasteiger partial charge < -0.3 is 10.2 Å². The van der Waals surface area contributed by atoms with Crippen LogP contribution in [0.1, 0.15) is 37.0 Å². The van der Waals surface area contributed by atoms with E-state index in [0.717, 1.165) is 13.0 Å². The zero-order valence-corrected chi connectivity index (χ0v) is 12.3. The van der Waals surface area contributed by atoms with Crippen LogP contribution in [0.4, 0.5) is 5.13 Å². The molecule has 7 heteroatoms. The quantitative estimate of drug-likeness (QED) is 0.826. The summed E-state index contributed by atoms with van der Waals surface area (Å²) < 4.78 is 0. The largest absolute Gasteiger partial charge is 0.360 e. The smallest absolute Gasteiger partial charge is 0.284 e. The zero-order chi connectivity index (χ0) is 14.3. The van der Waals surface area contributed by atoms with Gasteiger partial charge >= 0.3 is 0 Å². The SMILES string of the molecule is CCCNc1nnc(C(=O)N(CC)CC(C)C#N)s1. The van der Waals surface area contributed by atoms with Crippen molar-refractivity contribution in [1.82, 2.24) is 15.1 Å². The van der Waals surface area contributed by atoms with Gasteiger partial charge in [0, 0.05) is 19.6 Å². The molecule has 1 N–H and O–H groups in total. The average molecular weight is 281 g/mol. The highest BCUT2D eigenvalue weighted by molar-refractivity contribution is 7.17. The molecule has 1 aromatic heterocycles. The number of carbonyl (C=O) groups excluding carboxylic acids is 1. The summed E-state index contributed by atoms with van der Waals surface area (Å²) in [7, 11) is 0. The maximum Gasteiger partial charge on any atom is 0.284 e. The minimum Gasteiger partial charge on any atom is -0.360 e. The Labute approximate surface area is 117 Å². The summed E-state index contributed by atoms with van der Waals surface area (Å²) in [5.41, 5.74) is 0. The first-order chi connectivity index (χ1) is 9.12. The Morgan fingerprint density at radius 2 is 2.26 bits per heavy atom. The van der Waals surface area contributed by atoms with Crippen LogP contribution in [-0.4, -0.2) is 40.6 Å². The molecule has 1 heterocycles. The van der Waals surface area contributed by atoms with Crippen molar-refractivity contribution in [2.75, 3.05) is 25.0 Å². The van der Waals surface area contributed by atoms with Crippen LogP contribution >= 0.6 is 11.3 Å². The monoisotopic (exact) mass is 281 g/mol. The van der Waals surface area contributed by atoms with Crippen molar-refractivity contribution in [3.8, 4) is 6.07 Å². The summed E-state index contributed by atoms with van der Waals surface area (Å²) in [6.07, 6.45) is 0.990. The molecule has 0 bridgehead atoms. The second-order valence-corrected chi connectivity index (χ2v) is 5.19. The number of hydrogen-bond donors (Lipinski definition) is 1. The minimum atomic E-state index is -0.186. The summed E-state index contributed by atoms with van der Waals surface area (Å²) >= 11 is 1.25. The first kappa shape index (κ1) is 15.4. The summed E-state index contributed by atoms with van der Waals surface area (Å²) in [5, 5.41) is 20.8. The van der Waals surface area contributed by atoms with Gasteiger partial charge in [-0.05, 0) is 20.3 Å². The molecule has 0 aliphatic heterocycles. The van der Waals surface area contributed by atoms with Crippen LogP contribution < -0.4 is 5.32 Å². The number of amides is 1. The van der Waals surface area contributed by atoms with Gasteiger partial charge in [-0.1, -0.05) is 18.3 Å². The molecule has 1 unspecified atom stereocenters. The molecule has 19 heavy (non-hydrogen) atoms. The fourth-order valence-corrected chi connectivity index (χ4v) is 2.21. The van der Waals surface area contributed by atoms with Crippen molar-refractivity contribution in [3.63, 3.8) is 0 Å². The van der Waals surface area contributed by atoms with Gasteiger partial charge in [-0.3, -0.25) is 4.79 Å². The number of nitrogens with one attached hydrogen (secondary N) is 1. The lowest BCUT2D eigenvalue weighted by Gasteiger charge is -2.20. The van der Waals surface area contributed by atoms with E-state index in [2.05, 4.69) is 28.5 Å². The number of nitrogens with zero attached hydrogens (tertiary/aromatic N) is 4. The van der Waals surface area contributed by atoms with E-state index in [1.807, 2.05) is 6.92 Å².